The number of halogens is 1. The summed E-state index contributed by atoms with van der Waals surface area (Å²) >= 11 is 3.33. The van der Waals surface area contributed by atoms with Gasteiger partial charge in [-0.3, -0.25) is 0 Å². The number of amides is 1. The molecule has 0 saturated carbocycles. The summed E-state index contributed by atoms with van der Waals surface area (Å²) in [5, 5.41) is 3.44. The lowest BCUT2D eigenvalue weighted by Crippen LogP contribution is -2.44. The third-order valence-corrected chi connectivity index (χ3v) is 2.70. The summed E-state index contributed by atoms with van der Waals surface area (Å²) in [7, 11) is 0. The molecule has 0 fully saturated rings. The molecule has 0 saturated heterocycles. The lowest BCUT2D eigenvalue weighted by atomic mass is 10.1. The van der Waals surface area contributed by atoms with Crippen LogP contribution >= 0.6 is 15.9 Å². The smallest absolute Gasteiger partial charge is 0.408 e. The lowest BCUT2D eigenvalue weighted by molar-refractivity contribution is -0.145. The molecule has 5 nitrogen and oxygen atoms in total. The first-order valence-corrected chi connectivity index (χ1v) is 7.64. The molecule has 19 heavy (non-hydrogen) atoms. The van der Waals surface area contributed by atoms with Gasteiger partial charge in [-0.1, -0.05) is 15.9 Å². The molecule has 1 N–H and O–H groups in total. The SMILES string of the molecule is CCOC(=O)[C@H](CCCCBr)NC(=O)OC(C)(C)C. The molecule has 1 atom stereocenters. The molecule has 0 aliphatic carbocycles. The first-order chi connectivity index (χ1) is 8.80. The number of alkyl carbamates (subject to hydrolysis) is 1. The highest BCUT2D eigenvalue weighted by atomic mass is 79.9. The molecule has 0 radical (unpaired) electrons. The number of rotatable bonds is 7. The molecule has 0 aromatic rings. The summed E-state index contributed by atoms with van der Waals surface area (Å²) in [6.45, 7) is 7.36. The first-order valence-electron chi connectivity index (χ1n) is 6.52. The highest BCUT2D eigenvalue weighted by Gasteiger charge is 2.24. The van der Waals surface area contributed by atoms with E-state index in [0.29, 0.717) is 13.0 Å². The van der Waals surface area contributed by atoms with Gasteiger partial charge < -0.3 is 14.8 Å². The summed E-state index contributed by atoms with van der Waals surface area (Å²) in [5.74, 6) is -0.414. The molecular weight excluding hydrogens is 314 g/mol. The summed E-state index contributed by atoms with van der Waals surface area (Å²) < 4.78 is 10.1. The Morgan fingerprint density at radius 1 is 1.26 bits per heavy atom. The van der Waals surface area contributed by atoms with E-state index in [4.69, 9.17) is 9.47 Å². The van der Waals surface area contributed by atoms with Gasteiger partial charge in [-0.05, 0) is 47.0 Å². The predicted molar refractivity (Wildman–Crippen MR) is 77.4 cm³/mol. The van der Waals surface area contributed by atoms with E-state index in [0.717, 1.165) is 18.2 Å². The van der Waals surface area contributed by atoms with Crippen molar-refractivity contribution in [2.75, 3.05) is 11.9 Å². The fourth-order valence-electron chi connectivity index (χ4n) is 1.38. The number of ether oxygens (including phenoxy) is 2. The number of hydrogen-bond donors (Lipinski definition) is 1. The van der Waals surface area contributed by atoms with E-state index < -0.39 is 23.7 Å². The number of hydrogen-bond acceptors (Lipinski definition) is 4. The van der Waals surface area contributed by atoms with E-state index in [1.54, 1.807) is 27.7 Å². The minimum Gasteiger partial charge on any atom is -0.464 e. The van der Waals surface area contributed by atoms with Gasteiger partial charge in [-0.2, -0.15) is 0 Å². The average Bonchev–Trinajstić information content (AvgIpc) is 2.25. The highest BCUT2D eigenvalue weighted by molar-refractivity contribution is 9.09. The number of carbonyl (C=O) groups is 2. The summed E-state index contributed by atoms with van der Waals surface area (Å²) in [6.07, 6.45) is 1.71. The van der Waals surface area contributed by atoms with Crippen molar-refractivity contribution in [3.8, 4) is 0 Å². The number of carbonyl (C=O) groups excluding carboxylic acids is 2. The Bertz CT molecular complexity index is 289. The van der Waals surface area contributed by atoms with Crippen LogP contribution in [0.3, 0.4) is 0 Å². The Morgan fingerprint density at radius 3 is 2.37 bits per heavy atom. The van der Waals surface area contributed by atoms with Gasteiger partial charge in [0, 0.05) is 5.33 Å². The van der Waals surface area contributed by atoms with Gasteiger partial charge in [0.05, 0.1) is 6.61 Å². The number of nitrogens with one attached hydrogen (secondary N) is 1. The van der Waals surface area contributed by atoms with E-state index in [2.05, 4.69) is 21.2 Å². The largest absolute Gasteiger partial charge is 0.464 e. The Morgan fingerprint density at radius 2 is 1.89 bits per heavy atom. The van der Waals surface area contributed by atoms with Crippen LogP contribution in [0.25, 0.3) is 0 Å². The van der Waals surface area contributed by atoms with Crippen LogP contribution in [0.15, 0.2) is 0 Å². The van der Waals surface area contributed by atoms with Crippen LogP contribution in [-0.4, -0.2) is 35.6 Å². The minimum absolute atomic E-state index is 0.295. The second-order valence-electron chi connectivity index (χ2n) is 5.14. The maximum Gasteiger partial charge on any atom is 0.408 e. The molecule has 0 heterocycles. The summed E-state index contributed by atoms with van der Waals surface area (Å²) in [4.78, 5) is 23.4. The van der Waals surface area contributed by atoms with Crippen LogP contribution in [0.2, 0.25) is 0 Å². The topological polar surface area (TPSA) is 64.6 Å². The van der Waals surface area contributed by atoms with Crippen molar-refractivity contribution in [2.24, 2.45) is 0 Å². The van der Waals surface area contributed by atoms with Gasteiger partial charge in [0.15, 0.2) is 0 Å². The zero-order chi connectivity index (χ0) is 14.9. The normalized spacial score (nSPS) is 12.7. The molecular formula is C13H24BrNO4. The van der Waals surface area contributed by atoms with Gasteiger partial charge in [-0.15, -0.1) is 0 Å². The van der Waals surface area contributed by atoms with Gasteiger partial charge >= 0.3 is 12.1 Å². The zero-order valence-corrected chi connectivity index (χ0v) is 13.7. The van der Waals surface area contributed by atoms with Gasteiger partial charge in [0.1, 0.15) is 11.6 Å². The molecule has 6 heteroatoms. The Balaban J connectivity index is 4.39. The van der Waals surface area contributed by atoms with Gasteiger partial charge in [0.2, 0.25) is 0 Å². The van der Waals surface area contributed by atoms with E-state index in [1.165, 1.54) is 0 Å². The highest BCUT2D eigenvalue weighted by Crippen LogP contribution is 2.09. The van der Waals surface area contributed by atoms with Crippen molar-refractivity contribution >= 4 is 28.0 Å². The molecule has 112 valence electrons. The first kappa shape index (κ1) is 18.2. The van der Waals surface area contributed by atoms with Crippen molar-refractivity contribution in [1.82, 2.24) is 5.32 Å². The van der Waals surface area contributed by atoms with E-state index in [9.17, 15) is 9.59 Å². The second kappa shape index (κ2) is 9.18. The monoisotopic (exact) mass is 337 g/mol. The van der Waals surface area contributed by atoms with Crippen LogP contribution in [0.1, 0.15) is 47.0 Å². The number of alkyl halides is 1. The number of esters is 1. The van der Waals surface area contributed by atoms with E-state index in [1.807, 2.05) is 0 Å². The number of unbranched alkanes of at least 4 members (excludes halogenated alkanes) is 1. The van der Waals surface area contributed by atoms with Crippen LogP contribution in [0.4, 0.5) is 4.79 Å². The maximum absolute atomic E-state index is 11.7. The van der Waals surface area contributed by atoms with E-state index in [-0.39, 0.29) is 0 Å². The Labute approximate surface area is 123 Å². The quantitative estimate of drug-likeness (QED) is 0.440. The van der Waals surface area contributed by atoms with Crippen LogP contribution in [0, 0.1) is 0 Å². The molecule has 0 aromatic carbocycles. The standard InChI is InChI=1S/C13H24BrNO4/c1-5-18-11(16)10(8-6-7-9-14)15-12(17)19-13(2,3)4/h10H,5-9H2,1-4H3,(H,15,17)/t10-/m0/s1. The van der Waals surface area contributed by atoms with Gasteiger partial charge in [-0.25, -0.2) is 9.59 Å². The molecule has 0 aromatic heterocycles. The van der Waals surface area contributed by atoms with Crippen molar-refractivity contribution in [2.45, 2.75) is 58.6 Å². The molecule has 0 aliphatic heterocycles. The van der Waals surface area contributed by atoms with Crippen LogP contribution < -0.4 is 5.32 Å². The fraction of sp³-hybridized carbons (Fsp3) is 0.846. The third kappa shape index (κ3) is 9.76. The van der Waals surface area contributed by atoms with Crippen molar-refractivity contribution < 1.29 is 19.1 Å². The molecule has 0 unspecified atom stereocenters. The molecule has 0 rings (SSSR count). The van der Waals surface area contributed by atoms with E-state index >= 15 is 0 Å². The maximum atomic E-state index is 11.7. The van der Waals surface area contributed by atoms with Crippen LogP contribution in [-0.2, 0) is 14.3 Å². The summed E-state index contributed by atoms with van der Waals surface area (Å²) in [5.41, 5.74) is -0.584. The average molecular weight is 338 g/mol. The fourth-order valence-corrected chi connectivity index (χ4v) is 1.78. The Hall–Kier alpha value is -0.780. The van der Waals surface area contributed by atoms with Gasteiger partial charge in [0.25, 0.3) is 0 Å². The molecule has 0 spiro atoms. The summed E-state index contributed by atoms with van der Waals surface area (Å²) in [6, 6.07) is -0.645. The Kier molecular flexibility index (Phi) is 8.80. The second-order valence-corrected chi connectivity index (χ2v) is 5.93. The minimum atomic E-state index is -0.645. The lowest BCUT2D eigenvalue weighted by Gasteiger charge is -2.22. The van der Waals surface area contributed by atoms with Crippen LogP contribution in [0.5, 0.6) is 0 Å². The molecule has 1 amide bonds. The predicted octanol–water partition coefficient (Wildman–Crippen LogP) is 3.01. The molecule has 0 bridgehead atoms. The van der Waals surface area contributed by atoms with Crippen molar-refractivity contribution in [3.05, 3.63) is 0 Å². The molecule has 0 aliphatic rings. The zero-order valence-electron chi connectivity index (χ0n) is 12.1. The van der Waals surface area contributed by atoms with Crippen molar-refractivity contribution in [3.63, 3.8) is 0 Å². The van der Waals surface area contributed by atoms with Crippen molar-refractivity contribution in [1.29, 1.82) is 0 Å². The third-order valence-electron chi connectivity index (χ3n) is 2.14.